The normalized spacial score (nSPS) is 11.5. The summed E-state index contributed by atoms with van der Waals surface area (Å²) >= 11 is 0. The van der Waals surface area contributed by atoms with Crippen LogP contribution in [-0.4, -0.2) is 20.4 Å². The first kappa shape index (κ1) is 18.2. The van der Waals surface area contributed by atoms with Gasteiger partial charge in [-0.15, -0.1) is 0 Å². The zero-order chi connectivity index (χ0) is 19.4. The number of aromatic amines is 1. The topological polar surface area (TPSA) is 113 Å². The second-order valence-corrected chi connectivity index (χ2v) is 6.00. The van der Waals surface area contributed by atoms with Gasteiger partial charge in [0.1, 0.15) is 5.56 Å². The molecule has 0 saturated carbocycles. The maximum Gasteiger partial charge on any atom is 0.331 e. The largest absolute Gasteiger partial charge is 0.494 e. The number of H-pyrrole nitrogens is 1. The summed E-state index contributed by atoms with van der Waals surface area (Å²) in [6, 6.07) is 16.2. The van der Waals surface area contributed by atoms with Crippen LogP contribution in [0.1, 0.15) is 24.5 Å². The van der Waals surface area contributed by atoms with Crippen LogP contribution in [0.3, 0.4) is 0 Å². The molecule has 1 aromatic heterocycles. The molecule has 0 spiro atoms. The Hall–Kier alpha value is -3.61. The fourth-order valence-corrected chi connectivity index (χ4v) is 2.78. The number of nitrogens with zero attached hydrogens (tertiary/aromatic N) is 2. The molecule has 0 aliphatic rings. The first-order chi connectivity index (χ1) is 13.0. The third kappa shape index (κ3) is 3.82. The summed E-state index contributed by atoms with van der Waals surface area (Å²) in [6.45, 7) is 1.93. The molecule has 1 heterocycles. The Morgan fingerprint density at radius 2 is 1.78 bits per heavy atom. The van der Waals surface area contributed by atoms with E-state index in [0.717, 1.165) is 10.1 Å². The number of rotatable bonds is 5. The number of hydrogen-bond donors (Lipinski definition) is 3. The predicted octanol–water partition coefficient (Wildman–Crippen LogP) is 2.40. The van der Waals surface area contributed by atoms with Crippen LogP contribution in [0, 0.1) is 0 Å². The van der Waals surface area contributed by atoms with Crippen LogP contribution in [-0.2, 0) is 6.54 Å². The van der Waals surface area contributed by atoms with Gasteiger partial charge in [0.25, 0.3) is 5.56 Å². The number of benzene rings is 2. The Bertz CT molecular complexity index is 1100. The van der Waals surface area contributed by atoms with Gasteiger partial charge < -0.3 is 10.8 Å². The molecule has 0 unspecified atom stereocenters. The van der Waals surface area contributed by atoms with Crippen molar-refractivity contribution < 1.29 is 5.11 Å². The first-order valence-corrected chi connectivity index (χ1v) is 8.53. The van der Waals surface area contributed by atoms with Crippen LogP contribution in [0.2, 0.25) is 0 Å². The number of hydrogen-bond acceptors (Lipinski definition) is 5. The monoisotopic (exact) mass is 364 g/mol. The summed E-state index contributed by atoms with van der Waals surface area (Å²) < 4.78 is 1.12. The van der Waals surface area contributed by atoms with Gasteiger partial charge in [0.2, 0.25) is 5.88 Å². The second kappa shape index (κ2) is 7.74. The quantitative estimate of drug-likeness (QED) is 0.476. The fourth-order valence-electron chi connectivity index (χ4n) is 2.78. The van der Waals surface area contributed by atoms with E-state index in [4.69, 9.17) is 5.73 Å². The van der Waals surface area contributed by atoms with E-state index >= 15 is 0 Å². The van der Waals surface area contributed by atoms with Gasteiger partial charge in [0.05, 0.1) is 23.6 Å². The number of anilines is 1. The molecule has 0 radical (unpaired) electrons. The number of aliphatic imine (C=N–C) groups is 1. The molecule has 3 aromatic rings. The molecular formula is C20H20N4O3. The zero-order valence-corrected chi connectivity index (χ0v) is 14.8. The van der Waals surface area contributed by atoms with E-state index in [1.807, 2.05) is 37.3 Å². The number of nitrogens with one attached hydrogen (secondary N) is 1. The number of nitrogens with two attached hydrogens (primary N) is 1. The smallest absolute Gasteiger partial charge is 0.331 e. The average Bonchev–Trinajstić information content (AvgIpc) is 2.66. The van der Waals surface area contributed by atoms with Crippen LogP contribution in [0.15, 0.2) is 69.2 Å². The lowest BCUT2D eigenvalue weighted by atomic mass is 10.1. The molecule has 7 heteroatoms. The Morgan fingerprint density at radius 3 is 2.44 bits per heavy atom. The summed E-state index contributed by atoms with van der Waals surface area (Å²) in [4.78, 5) is 31.3. The second-order valence-electron chi connectivity index (χ2n) is 6.00. The molecule has 0 fully saturated rings. The SMILES string of the molecule is CCC(=Nc1ccccc1N)c1c(O)n(Cc2ccccc2)c(=O)[nH]c1=O. The van der Waals surface area contributed by atoms with Crippen LogP contribution in [0.5, 0.6) is 5.88 Å². The molecule has 0 bridgehead atoms. The van der Waals surface area contributed by atoms with Crippen molar-refractivity contribution in [2.45, 2.75) is 19.9 Å². The average molecular weight is 364 g/mol. The summed E-state index contributed by atoms with van der Waals surface area (Å²) in [5.74, 6) is -0.414. The number of aromatic hydroxyl groups is 1. The minimum atomic E-state index is -0.683. The van der Waals surface area contributed by atoms with Crippen LogP contribution in [0.4, 0.5) is 11.4 Å². The van der Waals surface area contributed by atoms with Crippen molar-refractivity contribution in [3.8, 4) is 5.88 Å². The van der Waals surface area contributed by atoms with Crippen LogP contribution in [0.25, 0.3) is 0 Å². The zero-order valence-electron chi connectivity index (χ0n) is 14.8. The highest BCUT2D eigenvalue weighted by Crippen LogP contribution is 2.24. The molecule has 0 atom stereocenters. The van der Waals surface area contributed by atoms with Crippen molar-refractivity contribution in [2.75, 3.05) is 5.73 Å². The van der Waals surface area contributed by atoms with Gasteiger partial charge in [-0.25, -0.2) is 4.79 Å². The summed E-state index contributed by atoms with van der Waals surface area (Å²) in [6.07, 6.45) is 0.370. The predicted molar refractivity (Wildman–Crippen MR) is 106 cm³/mol. The van der Waals surface area contributed by atoms with Gasteiger partial charge in [0.15, 0.2) is 0 Å². The van der Waals surface area contributed by atoms with E-state index in [9.17, 15) is 14.7 Å². The minimum Gasteiger partial charge on any atom is -0.494 e. The van der Waals surface area contributed by atoms with E-state index in [1.54, 1.807) is 24.3 Å². The van der Waals surface area contributed by atoms with Gasteiger partial charge in [-0.3, -0.25) is 19.3 Å². The minimum absolute atomic E-state index is 0.0312. The summed E-state index contributed by atoms with van der Waals surface area (Å²) in [5.41, 5.74) is 6.63. The number of para-hydroxylation sites is 2. The maximum atomic E-state index is 12.4. The Balaban J connectivity index is 2.15. The molecule has 0 amide bonds. The van der Waals surface area contributed by atoms with Crippen molar-refractivity contribution in [1.29, 1.82) is 0 Å². The molecule has 0 saturated heterocycles. The van der Waals surface area contributed by atoms with Gasteiger partial charge >= 0.3 is 5.69 Å². The van der Waals surface area contributed by atoms with Gasteiger partial charge in [-0.2, -0.15) is 0 Å². The lowest BCUT2D eigenvalue weighted by Gasteiger charge is -2.13. The lowest BCUT2D eigenvalue weighted by molar-refractivity contribution is 0.408. The number of nitrogen functional groups attached to an aromatic ring is 1. The molecule has 7 nitrogen and oxygen atoms in total. The van der Waals surface area contributed by atoms with Crippen molar-refractivity contribution in [1.82, 2.24) is 9.55 Å². The summed E-state index contributed by atoms with van der Waals surface area (Å²) in [5, 5.41) is 10.7. The molecular weight excluding hydrogens is 344 g/mol. The Morgan fingerprint density at radius 1 is 1.11 bits per heavy atom. The standard InChI is InChI=1S/C20H20N4O3/c1-2-15(22-16-11-7-6-10-14(16)21)17-18(25)23-20(27)24(19(17)26)12-13-8-4-3-5-9-13/h3-11,26H,2,12,21H2,1H3,(H,23,25,27). The van der Waals surface area contributed by atoms with Gasteiger partial charge in [0, 0.05) is 0 Å². The number of aromatic nitrogens is 2. The van der Waals surface area contributed by atoms with Crippen molar-refractivity contribution in [3.63, 3.8) is 0 Å². The van der Waals surface area contributed by atoms with Gasteiger partial charge in [-0.05, 0) is 24.1 Å². The maximum absolute atomic E-state index is 12.4. The molecule has 27 heavy (non-hydrogen) atoms. The van der Waals surface area contributed by atoms with E-state index in [1.165, 1.54) is 0 Å². The Labute approximate surface area is 155 Å². The third-order valence-corrected chi connectivity index (χ3v) is 4.17. The molecule has 0 aliphatic heterocycles. The highest BCUT2D eigenvalue weighted by atomic mass is 16.3. The third-order valence-electron chi connectivity index (χ3n) is 4.17. The fraction of sp³-hybridized carbons (Fsp3) is 0.150. The Kier molecular flexibility index (Phi) is 5.21. The van der Waals surface area contributed by atoms with Crippen molar-refractivity contribution in [3.05, 3.63) is 86.6 Å². The van der Waals surface area contributed by atoms with Gasteiger partial charge in [-0.1, -0.05) is 49.4 Å². The van der Waals surface area contributed by atoms with Crippen LogP contribution >= 0.6 is 0 Å². The highest BCUT2D eigenvalue weighted by Gasteiger charge is 2.19. The summed E-state index contributed by atoms with van der Waals surface area (Å²) in [7, 11) is 0. The van der Waals surface area contributed by atoms with Crippen LogP contribution < -0.4 is 17.0 Å². The first-order valence-electron chi connectivity index (χ1n) is 8.53. The van der Waals surface area contributed by atoms with E-state index in [2.05, 4.69) is 9.98 Å². The molecule has 0 aliphatic carbocycles. The molecule has 2 aromatic carbocycles. The molecule has 3 rings (SSSR count). The lowest BCUT2D eigenvalue weighted by Crippen LogP contribution is -2.34. The molecule has 138 valence electrons. The molecule has 4 N–H and O–H groups in total. The van der Waals surface area contributed by atoms with E-state index in [-0.39, 0.29) is 12.1 Å². The van der Waals surface area contributed by atoms with E-state index in [0.29, 0.717) is 23.5 Å². The highest BCUT2D eigenvalue weighted by molar-refractivity contribution is 6.03. The van der Waals surface area contributed by atoms with Crippen molar-refractivity contribution in [2.24, 2.45) is 4.99 Å². The van der Waals surface area contributed by atoms with E-state index < -0.39 is 17.1 Å². The van der Waals surface area contributed by atoms with Crippen molar-refractivity contribution >= 4 is 17.1 Å².